The first-order valence-corrected chi connectivity index (χ1v) is 7.56. The Bertz CT molecular complexity index is 288. The lowest BCUT2D eigenvalue weighted by atomic mass is 9.97. The summed E-state index contributed by atoms with van der Waals surface area (Å²) >= 11 is 0. The predicted molar refractivity (Wildman–Crippen MR) is 81.1 cm³/mol. The van der Waals surface area contributed by atoms with E-state index in [2.05, 4.69) is 56.4 Å². The molecule has 1 heteroatoms. The Balaban J connectivity index is 2.27. The second kappa shape index (κ2) is 9.16. The van der Waals surface area contributed by atoms with Crippen molar-refractivity contribution >= 4 is 0 Å². The summed E-state index contributed by atoms with van der Waals surface area (Å²) in [7, 11) is 0. The first-order chi connectivity index (χ1) is 8.77. The van der Waals surface area contributed by atoms with Crippen LogP contribution in [0, 0.1) is 0 Å². The SMILES string of the molecule is CCCC(CCC)NCCC(C)c1ccccc1. The van der Waals surface area contributed by atoms with Crippen LogP contribution in [-0.2, 0) is 0 Å². The molecule has 1 N–H and O–H groups in total. The van der Waals surface area contributed by atoms with Crippen molar-refractivity contribution in [3.8, 4) is 0 Å². The van der Waals surface area contributed by atoms with Gasteiger partial charge in [-0.1, -0.05) is 63.9 Å². The number of hydrogen-bond donors (Lipinski definition) is 1. The molecule has 0 saturated carbocycles. The third-order valence-electron chi connectivity index (χ3n) is 3.65. The summed E-state index contributed by atoms with van der Waals surface area (Å²) in [4.78, 5) is 0. The molecule has 0 aromatic heterocycles. The van der Waals surface area contributed by atoms with Gasteiger partial charge in [-0.25, -0.2) is 0 Å². The molecule has 0 saturated heterocycles. The maximum Gasteiger partial charge on any atom is 0.00668 e. The monoisotopic (exact) mass is 247 g/mol. The van der Waals surface area contributed by atoms with Crippen LogP contribution in [0.4, 0.5) is 0 Å². The van der Waals surface area contributed by atoms with Gasteiger partial charge >= 0.3 is 0 Å². The molecule has 1 aromatic rings. The molecule has 1 atom stereocenters. The van der Waals surface area contributed by atoms with Crippen LogP contribution < -0.4 is 5.32 Å². The van der Waals surface area contributed by atoms with Crippen molar-refractivity contribution in [3.05, 3.63) is 35.9 Å². The highest BCUT2D eigenvalue weighted by molar-refractivity contribution is 5.18. The summed E-state index contributed by atoms with van der Waals surface area (Å²) in [6.07, 6.45) is 6.42. The Hall–Kier alpha value is -0.820. The van der Waals surface area contributed by atoms with Gasteiger partial charge in [-0.2, -0.15) is 0 Å². The Labute approximate surface area is 113 Å². The highest BCUT2D eigenvalue weighted by atomic mass is 14.9. The van der Waals surface area contributed by atoms with Gasteiger partial charge in [0.15, 0.2) is 0 Å². The summed E-state index contributed by atoms with van der Waals surface area (Å²) in [5.74, 6) is 0.655. The summed E-state index contributed by atoms with van der Waals surface area (Å²) in [5, 5.41) is 3.72. The fraction of sp³-hybridized carbons (Fsp3) is 0.647. The molecule has 0 bridgehead atoms. The van der Waals surface area contributed by atoms with Crippen LogP contribution in [0.25, 0.3) is 0 Å². The number of rotatable bonds is 9. The van der Waals surface area contributed by atoms with Gasteiger partial charge in [0.2, 0.25) is 0 Å². The Morgan fingerprint density at radius 3 is 2.11 bits per heavy atom. The van der Waals surface area contributed by atoms with Gasteiger partial charge in [-0.15, -0.1) is 0 Å². The largest absolute Gasteiger partial charge is 0.314 e. The fourth-order valence-corrected chi connectivity index (χ4v) is 2.50. The molecule has 1 aromatic carbocycles. The number of hydrogen-bond acceptors (Lipinski definition) is 1. The lowest BCUT2D eigenvalue weighted by molar-refractivity contribution is 0.432. The van der Waals surface area contributed by atoms with Crippen LogP contribution in [0.1, 0.15) is 64.4 Å². The quantitative estimate of drug-likeness (QED) is 0.664. The van der Waals surface area contributed by atoms with E-state index in [0.29, 0.717) is 5.92 Å². The van der Waals surface area contributed by atoms with Gasteiger partial charge in [0.1, 0.15) is 0 Å². The van der Waals surface area contributed by atoms with Gasteiger partial charge in [-0.3, -0.25) is 0 Å². The molecule has 0 radical (unpaired) electrons. The van der Waals surface area contributed by atoms with Crippen molar-refractivity contribution in [2.75, 3.05) is 6.54 Å². The van der Waals surface area contributed by atoms with Gasteiger partial charge in [0, 0.05) is 6.04 Å². The average molecular weight is 247 g/mol. The van der Waals surface area contributed by atoms with E-state index in [4.69, 9.17) is 0 Å². The molecule has 0 fully saturated rings. The molecule has 0 aliphatic carbocycles. The van der Waals surface area contributed by atoms with Crippen molar-refractivity contribution in [3.63, 3.8) is 0 Å². The minimum atomic E-state index is 0.655. The zero-order valence-electron chi connectivity index (χ0n) is 12.3. The lowest BCUT2D eigenvalue weighted by Crippen LogP contribution is -2.30. The van der Waals surface area contributed by atoms with E-state index in [1.807, 2.05) is 0 Å². The second-order valence-electron chi connectivity index (χ2n) is 5.33. The molecule has 0 aliphatic heterocycles. The molecule has 1 nitrogen and oxygen atoms in total. The van der Waals surface area contributed by atoms with Crippen LogP contribution in [-0.4, -0.2) is 12.6 Å². The Kier molecular flexibility index (Phi) is 7.75. The van der Waals surface area contributed by atoms with E-state index in [1.54, 1.807) is 0 Å². The Morgan fingerprint density at radius 1 is 0.944 bits per heavy atom. The van der Waals surface area contributed by atoms with E-state index in [9.17, 15) is 0 Å². The van der Waals surface area contributed by atoms with Gasteiger partial charge in [0.25, 0.3) is 0 Å². The molecule has 0 heterocycles. The van der Waals surface area contributed by atoms with Crippen molar-refractivity contribution in [1.82, 2.24) is 5.32 Å². The second-order valence-corrected chi connectivity index (χ2v) is 5.33. The molecular weight excluding hydrogens is 218 g/mol. The van der Waals surface area contributed by atoms with Crippen LogP contribution in [0.5, 0.6) is 0 Å². The topological polar surface area (TPSA) is 12.0 Å². The van der Waals surface area contributed by atoms with Crippen molar-refractivity contribution < 1.29 is 0 Å². The highest BCUT2D eigenvalue weighted by Gasteiger charge is 2.08. The smallest absolute Gasteiger partial charge is 0.00668 e. The lowest BCUT2D eigenvalue weighted by Gasteiger charge is -2.19. The van der Waals surface area contributed by atoms with Gasteiger partial charge in [-0.05, 0) is 37.3 Å². The van der Waals surface area contributed by atoms with E-state index >= 15 is 0 Å². The molecule has 0 aliphatic rings. The zero-order chi connectivity index (χ0) is 13.2. The maximum absolute atomic E-state index is 3.72. The number of benzene rings is 1. The maximum atomic E-state index is 3.72. The predicted octanol–water partition coefficient (Wildman–Crippen LogP) is 4.74. The van der Waals surface area contributed by atoms with E-state index in [1.165, 1.54) is 37.7 Å². The summed E-state index contributed by atoms with van der Waals surface area (Å²) < 4.78 is 0. The highest BCUT2D eigenvalue weighted by Crippen LogP contribution is 2.17. The van der Waals surface area contributed by atoms with Crippen LogP contribution >= 0.6 is 0 Å². The summed E-state index contributed by atoms with van der Waals surface area (Å²) in [6, 6.07) is 11.6. The van der Waals surface area contributed by atoms with Gasteiger partial charge in [0.05, 0.1) is 0 Å². The molecule has 1 unspecified atom stereocenters. The minimum absolute atomic E-state index is 0.655. The summed E-state index contributed by atoms with van der Waals surface area (Å²) in [5.41, 5.74) is 1.46. The van der Waals surface area contributed by atoms with Crippen molar-refractivity contribution in [2.45, 2.75) is 64.8 Å². The molecular formula is C17H29N. The standard InChI is InChI=1S/C17H29N/c1-4-9-17(10-5-2)18-14-13-15(3)16-11-7-6-8-12-16/h6-8,11-12,15,17-18H,4-5,9-10,13-14H2,1-3H3. The van der Waals surface area contributed by atoms with E-state index < -0.39 is 0 Å². The van der Waals surface area contributed by atoms with E-state index in [-0.39, 0.29) is 0 Å². The van der Waals surface area contributed by atoms with Crippen molar-refractivity contribution in [1.29, 1.82) is 0 Å². The third kappa shape index (κ3) is 5.68. The van der Waals surface area contributed by atoms with E-state index in [0.717, 1.165) is 12.6 Å². The first-order valence-electron chi connectivity index (χ1n) is 7.56. The zero-order valence-corrected chi connectivity index (χ0v) is 12.3. The third-order valence-corrected chi connectivity index (χ3v) is 3.65. The van der Waals surface area contributed by atoms with Crippen LogP contribution in [0.2, 0.25) is 0 Å². The molecule has 18 heavy (non-hydrogen) atoms. The normalized spacial score (nSPS) is 12.9. The summed E-state index contributed by atoms with van der Waals surface area (Å²) in [6.45, 7) is 8.01. The van der Waals surface area contributed by atoms with Crippen molar-refractivity contribution in [2.24, 2.45) is 0 Å². The molecule has 102 valence electrons. The van der Waals surface area contributed by atoms with Crippen LogP contribution in [0.3, 0.4) is 0 Å². The molecule has 1 rings (SSSR count). The molecule has 0 spiro atoms. The number of nitrogens with one attached hydrogen (secondary N) is 1. The first kappa shape index (κ1) is 15.2. The fourth-order valence-electron chi connectivity index (χ4n) is 2.50. The van der Waals surface area contributed by atoms with Crippen LogP contribution in [0.15, 0.2) is 30.3 Å². The minimum Gasteiger partial charge on any atom is -0.314 e. The Morgan fingerprint density at radius 2 is 1.56 bits per heavy atom. The molecule has 0 amide bonds. The average Bonchev–Trinajstić information content (AvgIpc) is 2.40. The van der Waals surface area contributed by atoms with Gasteiger partial charge < -0.3 is 5.32 Å².